The first-order chi connectivity index (χ1) is 3.95. The molecule has 0 rings (SSSR count). The van der Waals surface area contributed by atoms with Crippen molar-refractivity contribution in [3.8, 4) is 0 Å². The smallest absolute Gasteiger partial charge is 0.343 e. The topological polar surface area (TPSA) is 26.3 Å². The minimum Gasteiger partial charge on any atom is -0.466 e. The number of carbonyl (C=O) groups excluding carboxylic acids is 1. The normalized spacial score (nSPS) is 10.0. The van der Waals surface area contributed by atoms with Crippen LogP contribution in [0.5, 0.6) is 0 Å². The number of methoxy groups -OCH3 is 1. The summed E-state index contributed by atoms with van der Waals surface area (Å²) in [5.74, 6) is -0.0872. The summed E-state index contributed by atoms with van der Waals surface area (Å²) >= 11 is 0. The van der Waals surface area contributed by atoms with Crippen molar-refractivity contribution in [3.63, 3.8) is 0 Å². The summed E-state index contributed by atoms with van der Waals surface area (Å²) in [7, 11) is 0.466. The minimum atomic E-state index is -0.963. The van der Waals surface area contributed by atoms with Gasteiger partial charge in [-0.2, -0.15) is 0 Å². The summed E-state index contributed by atoms with van der Waals surface area (Å²) in [6, 6.07) is 0. The van der Waals surface area contributed by atoms with Crippen LogP contribution < -0.4 is 0 Å². The van der Waals surface area contributed by atoms with Gasteiger partial charge in [0.25, 0.3) is 0 Å². The highest BCUT2D eigenvalue weighted by atomic mass is 79.9. The number of rotatable bonds is 2. The molecule has 0 aliphatic rings. The third-order valence-electron chi connectivity index (χ3n) is 0.831. The van der Waals surface area contributed by atoms with Gasteiger partial charge in [-0.1, -0.05) is 0 Å². The van der Waals surface area contributed by atoms with Gasteiger partial charge < -0.3 is 4.74 Å². The van der Waals surface area contributed by atoms with Crippen molar-refractivity contribution < 1.29 is 9.53 Å². The van der Waals surface area contributed by atoms with Crippen molar-refractivity contribution in [3.05, 3.63) is 0 Å². The van der Waals surface area contributed by atoms with Crippen LogP contribution in [0.25, 0.3) is 0 Å². The monoisotopic (exact) mass is 229 g/mol. The molecule has 0 radical (unpaired) electrons. The van der Waals surface area contributed by atoms with E-state index in [4.69, 9.17) is 0 Å². The SMILES string of the molecule is Br.COC(=O)C[P+](C)(C)C. The Morgan fingerprint density at radius 2 is 1.80 bits per heavy atom. The molecule has 0 saturated carbocycles. The van der Waals surface area contributed by atoms with E-state index in [0.29, 0.717) is 6.16 Å². The van der Waals surface area contributed by atoms with Crippen LogP contribution in [0.4, 0.5) is 0 Å². The number of esters is 1. The highest BCUT2D eigenvalue weighted by Crippen LogP contribution is 2.45. The van der Waals surface area contributed by atoms with Crippen LogP contribution >= 0.6 is 24.2 Å². The molecule has 0 spiro atoms. The number of halogens is 1. The number of hydrogen-bond donors (Lipinski definition) is 0. The van der Waals surface area contributed by atoms with Gasteiger partial charge in [0.05, 0.1) is 7.11 Å². The van der Waals surface area contributed by atoms with E-state index >= 15 is 0 Å². The molecule has 0 aromatic carbocycles. The fourth-order valence-corrected chi connectivity index (χ4v) is 1.36. The van der Waals surface area contributed by atoms with E-state index in [2.05, 4.69) is 24.7 Å². The van der Waals surface area contributed by atoms with E-state index < -0.39 is 7.26 Å². The molecule has 0 heterocycles. The molecule has 0 bridgehead atoms. The first kappa shape index (κ1) is 13.0. The summed E-state index contributed by atoms with van der Waals surface area (Å²) in [6.07, 6.45) is 0.601. The zero-order valence-electron chi connectivity index (χ0n) is 6.88. The molecule has 0 aromatic heterocycles. The molecule has 0 atom stereocenters. The van der Waals surface area contributed by atoms with Crippen molar-refractivity contribution >= 4 is 30.2 Å². The zero-order chi connectivity index (χ0) is 7.49. The molecular weight excluding hydrogens is 215 g/mol. The maximum absolute atomic E-state index is 10.6. The molecule has 0 unspecified atom stereocenters. The molecular formula is C6H15BrO2P+. The summed E-state index contributed by atoms with van der Waals surface area (Å²) in [6.45, 7) is 6.34. The lowest BCUT2D eigenvalue weighted by molar-refractivity contribution is -0.137. The van der Waals surface area contributed by atoms with Gasteiger partial charge >= 0.3 is 5.97 Å². The summed E-state index contributed by atoms with van der Waals surface area (Å²) in [5, 5.41) is 0. The van der Waals surface area contributed by atoms with Crippen molar-refractivity contribution in [2.24, 2.45) is 0 Å². The lowest BCUT2D eigenvalue weighted by Crippen LogP contribution is -2.08. The molecule has 2 nitrogen and oxygen atoms in total. The molecule has 0 aliphatic heterocycles. The van der Waals surface area contributed by atoms with Crippen LogP contribution in [0.1, 0.15) is 0 Å². The van der Waals surface area contributed by atoms with Gasteiger partial charge in [-0.3, -0.25) is 0 Å². The Labute approximate surface area is 73.4 Å². The predicted molar refractivity (Wildman–Crippen MR) is 51.9 cm³/mol. The van der Waals surface area contributed by atoms with E-state index in [0.717, 1.165) is 0 Å². The Morgan fingerprint density at radius 3 is 1.90 bits per heavy atom. The van der Waals surface area contributed by atoms with Crippen LogP contribution in [0.3, 0.4) is 0 Å². The fraction of sp³-hybridized carbons (Fsp3) is 0.833. The van der Waals surface area contributed by atoms with Gasteiger partial charge in [0.15, 0.2) is 6.16 Å². The number of hydrogen-bond acceptors (Lipinski definition) is 2. The van der Waals surface area contributed by atoms with Crippen LogP contribution in [0.2, 0.25) is 0 Å². The third-order valence-corrected chi connectivity index (χ3v) is 2.04. The average Bonchev–Trinajstić information content (AvgIpc) is 1.62. The second-order valence-electron chi connectivity index (χ2n) is 3.02. The fourth-order valence-electron chi connectivity index (χ4n) is 0.452. The predicted octanol–water partition coefficient (Wildman–Crippen LogP) is 1.64. The molecule has 0 N–H and O–H groups in total. The molecule has 10 heavy (non-hydrogen) atoms. The van der Waals surface area contributed by atoms with Crippen LogP contribution in [-0.2, 0) is 9.53 Å². The van der Waals surface area contributed by atoms with Crippen LogP contribution in [-0.4, -0.2) is 39.2 Å². The number of carbonyl (C=O) groups is 1. The molecule has 4 heteroatoms. The molecule has 0 fully saturated rings. The van der Waals surface area contributed by atoms with Gasteiger partial charge in [0.1, 0.15) is 0 Å². The standard InChI is InChI=1S/C6H14O2P.BrH/c1-8-6(7)5-9(2,3)4;/h5H2,1-4H3;1H/q+1;. The van der Waals surface area contributed by atoms with Gasteiger partial charge in [-0.25, -0.2) is 4.79 Å². The van der Waals surface area contributed by atoms with Gasteiger partial charge in [0.2, 0.25) is 0 Å². The maximum atomic E-state index is 10.6. The molecule has 62 valence electrons. The van der Waals surface area contributed by atoms with Gasteiger partial charge in [-0.05, 0) is 0 Å². The maximum Gasteiger partial charge on any atom is 0.343 e. The van der Waals surface area contributed by atoms with E-state index in [9.17, 15) is 4.79 Å². The van der Waals surface area contributed by atoms with Crippen molar-refractivity contribution in [1.29, 1.82) is 0 Å². The van der Waals surface area contributed by atoms with Crippen LogP contribution in [0, 0.1) is 0 Å². The summed E-state index contributed by atoms with van der Waals surface area (Å²) < 4.78 is 4.52. The minimum absolute atomic E-state index is 0. The van der Waals surface area contributed by atoms with Crippen molar-refractivity contribution in [1.82, 2.24) is 0 Å². The molecule has 0 aliphatic carbocycles. The van der Waals surface area contributed by atoms with Crippen LogP contribution in [0.15, 0.2) is 0 Å². The summed E-state index contributed by atoms with van der Waals surface area (Å²) in [5.41, 5.74) is 0. The first-order valence-corrected chi connectivity index (χ1v) is 6.14. The largest absolute Gasteiger partial charge is 0.466 e. The van der Waals surface area contributed by atoms with Crippen molar-refractivity contribution in [2.75, 3.05) is 33.3 Å². The third kappa shape index (κ3) is 8.38. The molecule has 0 aromatic rings. The molecule has 0 saturated heterocycles. The summed E-state index contributed by atoms with van der Waals surface area (Å²) in [4.78, 5) is 10.6. The van der Waals surface area contributed by atoms with E-state index in [1.54, 1.807) is 0 Å². The Bertz CT molecular complexity index is 109. The van der Waals surface area contributed by atoms with E-state index in [-0.39, 0.29) is 23.0 Å². The molecule has 0 amide bonds. The Morgan fingerprint density at radius 1 is 1.40 bits per heavy atom. The van der Waals surface area contributed by atoms with Gasteiger partial charge in [0, 0.05) is 27.3 Å². The lowest BCUT2D eigenvalue weighted by atomic mass is 10.8. The first-order valence-electron chi connectivity index (χ1n) is 2.83. The highest BCUT2D eigenvalue weighted by molar-refractivity contribution is 8.93. The van der Waals surface area contributed by atoms with E-state index in [1.165, 1.54) is 7.11 Å². The second kappa shape index (κ2) is 5.09. The van der Waals surface area contributed by atoms with Crippen molar-refractivity contribution in [2.45, 2.75) is 0 Å². The quantitative estimate of drug-likeness (QED) is 0.532. The lowest BCUT2D eigenvalue weighted by Gasteiger charge is -2.08. The zero-order valence-corrected chi connectivity index (χ0v) is 9.49. The Hall–Kier alpha value is 0.380. The number of ether oxygens (including phenoxy) is 1. The van der Waals surface area contributed by atoms with E-state index in [1.807, 2.05) is 0 Å². The second-order valence-corrected chi connectivity index (χ2v) is 7.92. The average molecular weight is 230 g/mol. The Balaban J connectivity index is 0. The van der Waals surface area contributed by atoms with Gasteiger partial charge in [-0.15, -0.1) is 17.0 Å². The Kier molecular flexibility index (Phi) is 6.61. The highest BCUT2D eigenvalue weighted by Gasteiger charge is 2.22.